The standard InChI is InChI=1S/C21H19NO7S/c1-4-28-20(26)12(3)22-18(23)17(30-21(22)27)10-14-7-8-16(29-14)15-9-13(19(24)25)6-5-11(15)2/h5-10,12H,4H2,1-3H3,(H,24,25)/b17-10-. The highest BCUT2D eigenvalue weighted by molar-refractivity contribution is 8.18. The quantitative estimate of drug-likeness (QED) is 0.542. The van der Waals surface area contributed by atoms with Gasteiger partial charge in [-0.15, -0.1) is 0 Å². The van der Waals surface area contributed by atoms with Crippen LogP contribution in [0.3, 0.4) is 0 Å². The predicted octanol–water partition coefficient (Wildman–Crippen LogP) is 3.94. The van der Waals surface area contributed by atoms with E-state index >= 15 is 0 Å². The number of hydrogen-bond acceptors (Lipinski definition) is 7. The number of rotatable bonds is 6. The minimum Gasteiger partial charge on any atom is -0.478 e. The zero-order valence-corrected chi connectivity index (χ0v) is 17.3. The molecule has 1 aromatic heterocycles. The predicted molar refractivity (Wildman–Crippen MR) is 110 cm³/mol. The lowest BCUT2D eigenvalue weighted by atomic mass is 10.0. The van der Waals surface area contributed by atoms with Crippen molar-refractivity contribution in [3.63, 3.8) is 0 Å². The lowest BCUT2D eigenvalue weighted by Gasteiger charge is -2.19. The van der Waals surface area contributed by atoms with Gasteiger partial charge >= 0.3 is 11.9 Å². The van der Waals surface area contributed by atoms with Crippen LogP contribution in [0.5, 0.6) is 0 Å². The maximum Gasteiger partial charge on any atom is 0.335 e. The second-order valence-electron chi connectivity index (χ2n) is 6.52. The molecule has 2 heterocycles. The zero-order chi connectivity index (χ0) is 22.0. The zero-order valence-electron chi connectivity index (χ0n) is 16.5. The average Bonchev–Trinajstić information content (AvgIpc) is 3.26. The van der Waals surface area contributed by atoms with Crippen molar-refractivity contribution in [3.8, 4) is 11.3 Å². The van der Waals surface area contributed by atoms with Gasteiger partial charge < -0.3 is 14.3 Å². The van der Waals surface area contributed by atoms with Gasteiger partial charge in [0.25, 0.3) is 11.1 Å². The molecular formula is C21H19NO7S. The molecule has 1 aromatic carbocycles. The van der Waals surface area contributed by atoms with Crippen molar-refractivity contribution in [2.75, 3.05) is 6.61 Å². The van der Waals surface area contributed by atoms with E-state index in [9.17, 15) is 24.3 Å². The summed E-state index contributed by atoms with van der Waals surface area (Å²) in [5, 5.41) is 8.62. The van der Waals surface area contributed by atoms with Crippen molar-refractivity contribution in [1.29, 1.82) is 0 Å². The van der Waals surface area contributed by atoms with Gasteiger partial charge in [0.2, 0.25) is 0 Å². The Hall–Kier alpha value is -3.33. The van der Waals surface area contributed by atoms with Gasteiger partial charge in [-0.3, -0.25) is 14.5 Å². The number of carboxylic acids is 1. The molecule has 0 bridgehead atoms. The highest BCUT2D eigenvalue weighted by atomic mass is 32.2. The van der Waals surface area contributed by atoms with Gasteiger partial charge in [-0.2, -0.15) is 0 Å². The Morgan fingerprint density at radius 2 is 2.00 bits per heavy atom. The van der Waals surface area contributed by atoms with Gasteiger partial charge in [-0.1, -0.05) is 6.07 Å². The molecule has 1 fully saturated rings. The molecule has 156 valence electrons. The fourth-order valence-corrected chi connectivity index (χ4v) is 3.80. The van der Waals surface area contributed by atoms with Gasteiger partial charge in [0, 0.05) is 11.6 Å². The smallest absolute Gasteiger partial charge is 0.335 e. The summed E-state index contributed by atoms with van der Waals surface area (Å²) in [5.74, 6) is -1.56. The molecule has 0 spiro atoms. The van der Waals surface area contributed by atoms with Crippen molar-refractivity contribution < 1.29 is 33.4 Å². The molecule has 3 rings (SSSR count). The minimum absolute atomic E-state index is 0.119. The molecule has 30 heavy (non-hydrogen) atoms. The number of aryl methyl sites for hydroxylation is 1. The first-order chi connectivity index (χ1) is 14.2. The van der Waals surface area contributed by atoms with Crippen molar-refractivity contribution in [2.45, 2.75) is 26.8 Å². The molecule has 1 aliphatic heterocycles. The van der Waals surface area contributed by atoms with Crippen LogP contribution >= 0.6 is 11.8 Å². The van der Waals surface area contributed by atoms with Gasteiger partial charge in [0.1, 0.15) is 17.6 Å². The summed E-state index contributed by atoms with van der Waals surface area (Å²) in [6.45, 7) is 5.04. The Bertz CT molecular complexity index is 1070. The van der Waals surface area contributed by atoms with Crippen LogP contribution in [-0.2, 0) is 14.3 Å². The summed E-state index contributed by atoms with van der Waals surface area (Å²) in [5.41, 5.74) is 1.56. The fourth-order valence-electron chi connectivity index (χ4n) is 2.91. The van der Waals surface area contributed by atoms with E-state index in [1.807, 2.05) is 6.92 Å². The van der Waals surface area contributed by atoms with E-state index in [-0.39, 0.29) is 17.1 Å². The number of benzene rings is 1. The molecule has 8 nitrogen and oxygen atoms in total. The third kappa shape index (κ3) is 4.16. The van der Waals surface area contributed by atoms with Crippen molar-refractivity contribution in [3.05, 3.63) is 52.1 Å². The number of carbonyl (C=O) groups excluding carboxylic acids is 3. The number of esters is 1. The SMILES string of the molecule is CCOC(=O)C(C)N1C(=O)S/C(=C\c2ccc(-c3cc(C(=O)O)ccc3C)o2)C1=O. The molecule has 1 saturated heterocycles. The Labute approximate surface area is 176 Å². The molecule has 2 amide bonds. The molecule has 2 aromatic rings. The third-order valence-corrected chi connectivity index (χ3v) is 5.37. The lowest BCUT2D eigenvalue weighted by molar-refractivity contribution is -0.150. The maximum atomic E-state index is 12.6. The van der Waals surface area contributed by atoms with Crippen molar-refractivity contribution in [2.24, 2.45) is 0 Å². The van der Waals surface area contributed by atoms with E-state index in [1.54, 1.807) is 25.1 Å². The van der Waals surface area contributed by atoms with E-state index in [0.29, 0.717) is 28.8 Å². The number of hydrogen-bond donors (Lipinski definition) is 1. The minimum atomic E-state index is -1.05. The number of furan rings is 1. The number of aromatic carboxylic acids is 1. The summed E-state index contributed by atoms with van der Waals surface area (Å²) in [6.07, 6.45) is 1.42. The molecule has 0 aliphatic carbocycles. The van der Waals surface area contributed by atoms with Crippen LogP contribution in [0.15, 0.2) is 39.7 Å². The van der Waals surface area contributed by atoms with E-state index in [2.05, 4.69) is 0 Å². The average molecular weight is 429 g/mol. The summed E-state index contributed by atoms with van der Waals surface area (Å²) in [4.78, 5) is 49.0. The van der Waals surface area contributed by atoms with E-state index in [1.165, 1.54) is 25.1 Å². The van der Waals surface area contributed by atoms with Crippen LogP contribution in [0.25, 0.3) is 17.4 Å². The Morgan fingerprint density at radius 1 is 1.27 bits per heavy atom. The molecule has 0 radical (unpaired) electrons. The fraction of sp³-hybridized carbons (Fsp3) is 0.238. The van der Waals surface area contributed by atoms with E-state index in [0.717, 1.165) is 10.5 Å². The third-order valence-electron chi connectivity index (χ3n) is 4.49. The van der Waals surface area contributed by atoms with Crippen molar-refractivity contribution in [1.82, 2.24) is 4.90 Å². The maximum absolute atomic E-state index is 12.6. The van der Waals surface area contributed by atoms with Crippen LogP contribution in [0.1, 0.15) is 35.5 Å². The van der Waals surface area contributed by atoms with Crippen LogP contribution in [0.2, 0.25) is 0 Å². The summed E-state index contributed by atoms with van der Waals surface area (Å²) >= 11 is 0.708. The Kier molecular flexibility index (Phi) is 6.12. The topological polar surface area (TPSA) is 114 Å². The summed E-state index contributed by atoms with van der Waals surface area (Å²) in [7, 11) is 0. The molecule has 1 atom stereocenters. The number of thioether (sulfide) groups is 1. The van der Waals surface area contributed by atoms with Gasteiger partial charge in [-0.05, 0) is 62.4 Å². The lowest BCUT2D eigenvalue weighted by Crippen LogP contribution is -2.42. The molecule has 9 heteroatoms. The van der Waals surface area contributed by atoms with Gasteiger partial charge in [0.05, 0.1) is 17.1 Å². The first kappa shape index (κ1) is 21.4. The molecule has 1 aliphatic rings. The van der Waals surface area contributed by atoms with Crippen LogP contribution in [0, 0.1) is 6.92 Å². The molecular weight excluding hydrogens is 410 g/mol. The number of amides is 2. The molecule has 1 unspecified atom stereocenters. The Balaban J connectivity index is 1.86. The monoisotopic (exact) mass is 429 g/mol. The van der Waals surface area contributed by atoms with Crippen LogP contribution in [0.4, 0.5) is 4.79 Å². The number of carbonyl (C=O) groups is 4. The number of nitrogens with zero attached hydrogens (tertiary/aromatic N) is 1. The number of carboxylic acid groups (broad SMARTS) is 1. The molecule has 0 saturated carbocycles. The Morgan fingerprint density at radius 3 is 2.67 bits per heavy atom. The second kappa shape index (κ2) is 8.58. The number of ether oxygens (including phenoxy) is 1. The first-order valence-electron chi connectivity index (χ1n) is 9.10. The van der Waals surface area contributed by atoms with Crippen LogP contribution in [-0.4, -0.2) is 45.7 Å². The highest BCUT2D eigenvalue weighted by Crippen LogP contribution is 2.35. The van der Waals surface area contributed by atoms with Gasteiger partial charge in [-0.25, -0.2) is 9.59 Å². The van der Waals surface area contributed by atoms with E-state index < -0.39 is 29.1 Å². The van der Waals surface area contributed by atoms with E-state index in [4.69, 9.17) is 9.15 Å². The largest absolute Gasteiger partial charge is 0.478 e. The molecule has 1 N–H and O–H groups in total. The second-order valence-corrected chi connectivity index (χ2v) is 7.51. The highest BCUT2D eigenvalue weighted by Gasteiger charge is 2.41. The number of imide groups is 1. The first-order valence-corrected chi connectivity index (χ1v) is 9.92. The van der Waals surface area contributed by atoms with Gasteiger partial charge in [0.15, 0.2) is 0 Å². The normalized spacial score (nSPS) is 16.2. The van der Waals surface area contributed by atoms with Crippen LogP contribution < -0.4 is 0 Å². The summed E-state index contributed by atoms with van der Waals surface area (Å²) < 4.78 is 10.6. The van der Waals surface area contributed by atoms with Crippen molar-refractivity contribution >= 4 is 40.9 Å². The summed E-state index contributed by atoms with van der Waals surface area (Å²) in [6, 6.07) is 6.94.